The van der Waals surface area contributed by atoms with Gasteiger partial charge in [-0.25, -0.2) is 18.0 Å². The van der Waals surface area contributed by atoms with Crippen LogP contribution in [0.5, 0.6) is 0 Å². The summed E-state index contributed by atoms with van der Waals surface area (Å²) in [6.45, 7) is 3.35. The maximum atomic E-state index is 13.4. The summed E-state index contributed by atoms with van der Waals surface area (Å²) < 4.78 is 44.0. The van der Waals surface area contributed by atoms with Crippen molar-refractivity contribution in [1.82, 2.24) is 0 Å². The van der Waals surface area contributed by atoms with Crippen molar-refractivity contribution in [2.45, 2.75) is 26.4 Å². The predicted molar refractivity (Wildman–Crippen MR) is 55.9 cm³/mol. The number of nitrogens with two attached hydrogens (primary N) is 1. The highest BCUT2D eigenvalue weighted by Gasteiger charge is 2.22. The van der Waals surface area contributed by atoms with Crippen molar-refractivity contribution < 1.29 is 22.7 Å². The lowest BCUT2D eigenvalue weighted by atomic mass is 10.1. The number of halogens is 3. The first-order valence-electron chi connectivity index (χ1n) is 5.02. The van der Waals surface area contributed by atoms with Gasteiger partial charge in [0.15, 0.2) is 17.5 Å². The van der Waals surface area contributed by atoms with E-state index in [2.05, 4.69) is 0 Å². The molecule has 0 aliphatic carbocycles. The highest BCUT2D eigenvalue weighted by atomic mass is 19.2. The molecule has 0 bridgehead atoms. The largest absolute Gasteiger partial charge is 0.459 e. The Kier molecular flexibility index (Phi) is 3.98. The Morgan fingerprint density at radius 3 is 2.53 bits per heavy atom. The van der Waals surface area contributed by atoms with Crippen molar-refractivity contribution in [3.8, 4) is 0 Å². The lowest BCUT2D eigenvalue weighted by Gasteiger charge is -2.12. The van der Waals surface area contributed by atoms with Crippen molar-refractivity contribution in [3.63, 3.8) is 0 Å². The van der Waals surface area contributed by atoms with E-state index in [0.717, 1.165) is 0 Å². The van der Waals surface area contributed by atoms with Crippen molar-refractivity contribution in [3.05, 3.63) is 29.1 Å². The molecule has 2 N–H and O–H groups in total. The van der Waals surface area contributed by atoms with E-state index in [4.69, 9.17) is 10.5 Å². The molecular weight excluding hydrogens is 235 g/mol. The topological polar surface area (TPSA) is 52.3 Å². The van der Waals surface area contributed by atoms with Gasteiger partial charge in [0.05, 0.1) is 6.10 Å². The molecule has 0 saturated heterocycles. The minimum Gasteiger partial charge on any atom is -0.459 e. The van der Waals surface area contributed by atoms with Gasteiger partial charge in [0.1, 0.15) is 11.3 Å². The molecule has 1 atom stereocenters. The second-order valence-corrected chi connectivity index (χ2v) is 3.57. The molecule has 0 fully saturated rings. The molecule has 0 aliphatic heterocycles. The Hall–Kier alpha value is -1.72. The summed E-state index contributed by atoms with van der Waals surface area (Å²) in [5, 5.41) is 0. The molecule has 0 radical (unpaired) electrons. The Labute approximate surface area is 96.4 Å². The van der Waals surface area contributed by atoms with E-state index < -0.39 is 40.8 Å². The van der Waals surface area contributed by atoms with Crippen LogP contribution in [0.1, 0.15) is 30.6 Å². The Bertz CT molecular complexity index is 449. The fourth-order valence-corrected chi connectivity index (χ4v) is 1.10. The predicted octanol–water partition coefficient (Wildman–Crippen LogP) is 2.64. The molecule has 0 spiro atoms. The van der Waals surface area contributed by atoms with Gasteiger partial charge < -0.3 is 10.5 Å². The summed E-state index contributed by atoms with van der Waals surface area (Å²) in [7, 11) is 0. The molecule has 6 heteroatoms. The number of hydrogen-bond acceptors (Lipinski definition) is 3. The lowest BCUT2D eigenvalue weighted by Crippen LogP contribution is -2.17. The molecular formula is C11H12F3NO2. The second-order valence-electron chi connectivity index (χ2n) is 3.57. The average molecular weight is 247 g/mol. The summed E-state index contributed by atoms with van der Waals surface area (Å²) in [5.41, 5.74) is 3.25. The molecule has 0 aliphatic rings. The van der Waals surface area contributed by atoms with Crippen LogP contribution in [0.3, 0.4) is 0 Å². The standard InChI is InChI=1S/C11H12F3NO2/c1-3-5(2)17-11(16)6-4-7(12)9(14)10(15)8(6)13/h4-5H,3,15H2,1-2H3. The number of rotatable bonds is 3. The maximum Gasteiger partial charge on any atom is 0.341 e. The van der Waals surface area contributed by atoms with Gasteiger partial charge in [0, 0.05) is 0 Å². The van der Waals surface area contributed by atoms with E-state index in [1.807, 2.05) is 0 Å². The van der Waals surface area contributed by atoms with Crippen molar-refractivity contribution in [1.29, 1.82) is 0 Å². The molecule has 0 saturated carbocycles. The molecule has 0 amide bonds. The third-order valence-corrected chi connectivity index (χ3v) is 2.29. The average Bonchev–Trinajstić information content (AvgIpc) is 2.30. The van der Waals surface area contributed by atoms with Gasteiger partial charge in [-0.15, -0.1) is 0 Å². The van der Waals surface area contributed by atoms with Crippen LogP contribution in [0.15, 0.2) is 6.07 Å². The number of esters is 1. The number of hydrogen-bond donors (Lipinski definition) is 1. The summed E-state index contributed by atoms with van der Waals surface area (Å²) >= 11 is 0. The first-order chi connectivity index (χ1) is 7.88. The van der Waals surface area contributed by atoms with Gasteiger partial charge in [-0.2, -0.15) is 0 Å². The van der Waals surface area contributed by atoms with Gasteiger partial charge in [0.25, 0.3) is 0 Å². The van der Waals surface area contributed by atoms with Gasteiger partial charge >= 0.3 is 5.97 Å². The SMILES string of the molecule is CCC(C)OC(=O)c1cc(F)c(F)c(N)c1F. The molecule has 94 valence electrons. The minimum absolute atomic E-state index is 0.436. The molecule has 3 nitrogen and oxygen atoms in total. The molecule has 1 unspecified atom stereocenters. The van der Waals surface area contributed by atoms with Crippen LogP contribution in [-0.2, 0) is 4.74 Å². The van der Waals surface area contributed by atoms with Crippen LogP contribution in [0.25, 0.3) is 0 Å². The van der Waals surface area contributed by atoms with E-state index in [9.17, 15) is 18.0 Å². The minimum atomic E-state index is -1.51. The van der Waals surface area contributed by atoms with Crippen molar-refractivity contribution >= 4 is 11.7 Å². The van der Waals surface area contributed by atoms with Gasteiger partial charge in [0.2, 0.25) is 0 Å². The molecule has 1 rings (SSSR count). The van der Waals surface area contributed by atoms with E-state index in [1.165, 1.54) is 0 Å². The fraction of sp³-hybridized carbons (Fsp3) is 0.364. The van der Waals surface area contributed by atoms with Crippen LogP contribution in [0.4, 0.5) is 18.9 Å². The highest BCUT2D eigenvalue weighted by molar-refractivity contribution is 5.91. The fourth-order valence-electron chi connectivity index (χ4n) is 1.10. The molecule has 0 heterocycles. The summed E-state index contributed by atoms with van der Waals surface area (Å²) in [4.78, 5) is 11.4. The second kappa shape index (κ2) is 5.07. The van der Waals surface area contributed by atoms with E-state index in [-0.39, 0.29) is 0 Å². The zero-order chi connectivity index (χ0) is 13.2. The van der Waals surface area contributed by atoms with Crippen LogP contribution in [-0.4, -0.2) is 12.1 Å². The Morgan fingerprint density at radius 1 is 1.41 bits per heavy atom. The van der Waals surface area contributed by atoms with Gasteiger partial charge in [-0.05, 0) is 19.4 Å². The molecule has 1 aromatic carbocycles. The molecule has 17 heavy (non-hydrogen) atoms. The van der Waals surface area contributed by atoms with E-state index in [1.54, 1.807) is 13.8 Å². The zero-order valence-electron chi connectivity index (χ0n) is 9.39. The third kappa shape index (κ3) is 2.69. The van der Waals surface area contributed by atoms with Crippen LogP contribution >= 0.6 is 0 Å². The first kappa shape index (κ1) is 13.3. The monoisotopic (exact) mass is 247 g/mol. The van der Waals surface area contributed by atoms with Gasteiger partial charge in [-0.1, -0.05) is 6.92 Å². The number of carbonyl (C=O) groups excluding carboxylic acids is 1. The summed E-state index contributed by atoms with van der Waals surface area (Å²) in [6.07, 6.45) is 0.0724. The molecule has 1 aromatic rings. The van der Waals surface area contributed by atoms with Crippen molar-refractivity contribution in [2.75, 3.05) is 5.73 Å². The van der Waals surface area contributed by atoms with Crippen LogP contribution < -0.4 is 5.73 Å². The number of ether oxygens (including phenoxy) is 1. The first-order valence-corrected chi connectivity index (χ1v) is 5.02. The summed E-state index contributed by atoms with van der Waals surface area (Å²) in [6, 6.07) is 0.436. The van der Waals surface area contributed by atoms with Gasteiger partial charge in [-0.3, -0.25) is 0 Å². The number of benzene rings is 1. The smallest absolute Gasteiger partial charge is 0.341 e. The maximum absolute atomic E-state index is 13.4. The lowest BCUT2D eigenvalue weighted by molar-refractivity contribution is 0.0328. The quantitative estimate of drug-likeness (QED) is 0.507. The normalized spacial score (nSPS) is 12.3. The summed E-state index contributed by atoms with van der Waals surface area (Å²) in [5.74, 6) is -5.28. The van der Waals surface area contributed by atoms with E-state index >= 15 is 0 Å². The van der Waals surface area contributed by atoms with Crippen LogP contribution in [0, 0.1) is 17.5 Å². The number of nitrogen functional groups attached to an aromatic ring is 1. The van der Waals surface area contributed by atoms with Crippen molar-refractivity contribution in [2.24, 2.45) is 0 Å². The number of anilines is 1. The number of carbonyl (C=O) groups is 1. The van der Waals surface area contributed by atoms with E-state index in [0.29, 0.717) is 12.5 Å². The Morgan fingerprint density at radius 2 is 2.00 bits per heavy atom. The van der Waals surface area contributed by atoms with Crippen LogP contribution in [0.2, 0.25) is 0 Å². The highest BCUT2D eigenvalue weighted by Crippen LogP contribution is 2.23. The third-order valence-electron chi connectivity index (χ3n) is 2.29. The molecule has 0 aromatic heterocycles. The Balaban J connectivity index is 3.11. The zero-order valence-corrected chi connectivity index (χ0v) is 9.39.